The lowest BCUT2D eigenvalue weighted by Crippen LogP contribution is -2.34. The predicted molar refractivity (Wildman–Crippen MR) is 121 cm³/mol. The first kappa shape index (κ1) is 17.7. The van der Waals surface area contributed by atoms with Crippen LogP contribution in [0.3, 0.4) is 0 Å². The molecule has 0 unspecified atom stereocenters. The first-order chi connectivity index (χ1) is 14.0. The summed E-state index contributed by atoms with van der Waals surface area (Å²) in [6.07, 6.45) is 5.60. The number of nitrogens with zero attached hydrogens (tertiary/aromatic N) is 1. The highest BCUT2D eigenvalue weighted by molar-refractivity contribution is 7.21. The van der Waals surface area contributed by atoms with E-state index in [0.29, 0.717) is 6.54 Å². The van der Waals surface area contributed by atoms with Gasteiger partial charge in [0, 0.05) is 39.2 Å². The number of carbonyl (C=O) groups excluding carboxylic acids is 1. The van der Waals surface area contributed by atoms with Gasteiger partial charge in [0.15, 0.2) is 0 Å². The van der Waals surface area contributed by atoms with Crippen LogP contribution in [0.4, 0.5) is 5.69 Å². The van der Waals surface area contributed by atoms with Gasteiger partial charge in [-0.1, -0.05) is 5.92 Å². The van der Waals surface area contributed by atoms with Crippen LogP contribution in [0.15, 0.2) is 42.5 Å². The summed E-state index contributed by atoms with van der Waals surface area (Å²) >= 11 is 1.52. The molecular weight excluding hydrogens is 378 g/mol. The third-order valence-electron chi connectivity index (χ3n) is 5.23. The molecule has 0 saturated heterocycles. The van der Waals surface area contributed by atoms with Crippen LogP contribution in [0.2, 0.25) is 0 Å². The maximum absolute atomic E-state index is 12.6. The van der Waals surface area contributed by atoms with Crippen LogP contribution >= 0.6 is 11.3 Å². The second-order valence-corrected chi connectivity index (χ2v) is 8.55. The molecule has 1 atom stereocenters. The molecule has 3 heterocycles. The Morgan fingerprint density at radius 2 is 2.07 bits per heavy atom. The molecule has 0 saturated carbocycles. The lowest BCUT2D eigenvalue weighted by atomic mass is 10.0. The van der Waals surface area contributed by atoms with E-state index in [0.717, 1.165) is 53.9 Å². The number of thiophene rings is 1. The summed E-state index contributed by atoms with van der Waals surface area (Å²) in [5.74, 6) is 2.70. The Kier molecular flexibility index (Phi) is 4.04. The Labute approximate surface area is 173 Å². The van der Waals surface area contributed by atoms with Gasteiger partial charge in [-0.25, -0.2) is 4.98 Å². The summed E-state index contributed by atoms with van der Waals surface area (Å²) in [6, 6.07) is 14.4. The van der Waals surface area contributed by atoms with E-state index in [9.17, 15) is 4.79 Å². The van der Waals surface area contributed by atoms with Gasteiger partial charge in [-0.05, 0) is 61.9 Å². The number of nitrogens with one attached hydrogen (secondary N) is 2. The minimum Gasteiger partial charge on any atom is -0.381 e. The Hall–Kier alpha value is -3.36. The van der Waals surface area contributed by atoms with E-state index in [2.05, 4.69) is 34.8 Å². The summed E-state index contributed by atoms with van der Waals surface area (Å²) < 4.78 is 1.08. The molecule has 5 rings (SSSR count). The van der Waals surface area contributed by atoms with Crippen LogP contribution in [0, 0.1) is 19.3 Å². The molecule has 4 aromatic rings. The summed E-state index contributed by atoms with van der Waals surface area (Å²) in [5.41, 5.74) is 5.68. The highest BCUT2D eigenvalue weighted by Crippen LogP contribution is 2.41. The zero-order valence-corrected chi connectivity index (χ0v) is 17.0. The fraction of sp³-hybridized carbons (Fsp3) is 0.167. The predicted octanol–water partition coefficient (Wildman–Crippen LogP) is 4.95. The van der Waals surface area contributed by atoms with Crippen molar-refractivity contribution in [2.24, 2.45) is 0 Å². The highest BCUT2D eigenvalue weighted by atomic mass is 32.1. The van der Waals surface area contributed by atoms with Crippen molar-refractivity contribution in [3.05, 3.63) is 58.5 Å². The van der Waals surface area contributed by atoms with E-state index in [1.807, 2.05) is 38.1 Å². The molecule has 2 N–H and O–H groups in total. The number of pyridine rings is 1. The van der Waals surface area contributed by atoms with Gasteiger partial charge in [0.25, 0.3) is 5.91 Å². The lowest BCUT2D eigenvalue weighted by molar-refractivity contribution is 0.0949. The Balaban J connectivity index is 1.71. The maximum atomic E-state index is 12.6. The number of carbonyl (C=O) groups is 1. The summed E-state index contributed by atoms with van der Waals surface area (Å²) in [4.78, 5) is 18.2. The van der Waals surface area contributed by atoms with Gasteiger partial charge in [0.2, 0.25) is 0 Å². The van der Waals surface area contributed by atoms with Crippen LogP contribution in [0.1, 0.15) is 27.7 Å². The van der Waals surface area contributed by atoms with Gasteiger partial charge in [-0.3, -0.25) is 4.79 Å². The third kappa shape index (κ3) is 2.93. The fourth-order valence-corrected chi connectivity index (χ4v) is 5.00. The molecule has 0 aliphatic carbocycles. The zero-order valence-electron chi connectivity index (χ0n) is 16.2. The molecule has 1 aliphatic rings. The Morgan fingerprint density at radius 1 is 1.21 bits per heavy atom. The van der Waals surface area contributed by atoms with Crippen LogP contribution < -0.4 is 10.6 Å². The molecule has 5 heteroatoms. The molecule has 142 valence electrons. The van der Waals surface area contributed by atoms with Crippen molar-refractivity contribution >= 4 is 43.9 Å². The van der Waals surface area contributed by atoms with Gasteiger partial charge in [-0.2, -0.15) is 0 Å². The van der Waals surface area contributed by atoms with Crippen molar-refractivity contribution in [3.63, 3.8) is 0 Å². The van der Waals surface area contributed by atoms with Gasteiger partial charge in [-0.15, -0.1) is 17.8 Å². The van der Waals surface area contributed by atoms with E-state index in [1.165, 1.54) is 11.3 Å². The SMILES string of the molecule is C#Cc1cc(C)cc(-c2ccc3c(ccc4sc5c(c43)NC[C@@H](C)NC5=O)n2)c1. The highest BCUT2D eigenvalue weighted by Gasteiger charge is 2.24. The van der Waals surface area contributed by atoms with Gasteiger partial charge in [0.05, 0.1) is 16.9 Å². The van der Waals surface area contributed by atoms with Crippen molar-refractivity contribution in [2.75, 3.05) is 11.9 Å². The second kappa shape index (κ2) is 6.61. The molecule has 1 aliphatic heterocycles. The summed E-state index contributed by atoms with van der Waals surface area (Å²) in [5, 5.41) is 8.61. The smallest absolute Gasteiger partial charge is 0.263 e. The maximum Gasteiger partial charge on any atom is 0.263 e. The number of hydrogen-bond donors (Lipinski definition) is 2. The van der Waals surface area contributed by atoms with E-state index < -0.39 is 0 Å². The average molecular weight is 398 g/mol. The topological polar surface area (TPSA) is 54.0 Å². The van der Waals surface area contributed by atoms with Crippen LogP contribution in [0.5, 0.6) is 0 Å². The van der Waals surface area contributed by atoms with E-state index in [4.69, 9.17) is 11.4 Å². The average Bonchev–Trinajstić information content (AvgIpc) is 3.04. The van der Waals surface area contributed by atoms with Crippen LogP contribution in [-0.4, -0.2) is 23.5 Å². The van der Waals surface area contributed by atoms with Crippen LogP contribution in [-0.2, 0) is 0 Å². The largest absolute Gasteiger partial charge is 0.381 e. The number of terminal acetylenes is 1. The van der Waals surface area contributed by atoms with E-state index in [1.54, 1.807) is 0 Å². The van der Waals surface area contributed by atoms with Crippen molar-refractivity contribution in [2.45, 2.75) is 19.9 Å². The van der Waals surface area contributed by atoms with E-state index in [-0.39, 0.29) is 11.9 Å². The molecule has 0 spiro atoms. The van der Waals surface area contributed by atoms with E-state index >= 15 is 0 Å². The zero-order chi connectivity index (χ0) is 20.1. The minimum absolute atomic E-state index is 0.0157. The summed E-state index contributed by atoms with van der Waals surface area (Å²) in [7, 11) is 0. The quantitative estimate of drug-likeness (QED) is 0.447. The monoisotopic (exact) mass is 397 g/mol. The van der Waals surface area contributed by atoms with Gasteiger partial charge < -0.3 is 10.6 Å². The van der Waals surface area contributed by atoms with Crippen molar-refractivity contribution in [3.8, 4) is 23.6 Å². The lowest BCUT2D eigenvalue weighted by Gasteiger charge is -2.10. The molecule has 0 bridgehead atoms. The number of aryl methyl sites for hydroxylation is 1. The standard InChI is InChI=1S/C24H19N3OS/c1-4-15-9-13(2)10-16(11-15)18-6-5-17-19(27-18)7-8-20-21(17)22-23(29-20)24(28)26-14(3)12-25-22/h1,5-11,14,25H,12H2,2-3H3,(H,26,28)/t14-/m1/s1. The minimum atomic E-state index is -0.0157. The van der Waals surface area contributed by atoms with Crippen LogP contribution in [0.25, 0.3) is 32.2 Å². The Morgan fingerprint density at radius 3 is 2.90 bits per heavy atom. The molecular formula is C24H19N3OS. The number of fused-ring (bicyclic) bond motifs is 5. The third-order valence-corrected chi connectivity index (χ3v) is 6.38. The molecule has 29 heavy (non-hydrogen) atoms. The molecule has 2 aromatic carbocycles. The second-order valence-electron chi connectivity index (χ2n) is 7.50. The number of rotatable bonds is 1. The van der Waals surface area contributed by atoms with Crippen molar-refractivity contribution in [1.82, 2.24) is 10.3 Å². The van der Waals surface area contributed by atoms with Crippen molar-refractivity contribution in [1.29, 1.82) is 0 Å². The van der Waals surface area contributed by atoms with Crippen molar-refractivity contribution < 1.29 is 4.79 Å². The number of amides is 1. The normalized spacial score (nSPS) is 16.0. The number of benzene rings is 2. The fourth-order valence-electron chi connectivity index (χ4n) is 3.90. The molecule has 1 amide bonds. The number of anilines is 1. The molecule has 0 radical (unpaired) electrons. The molecule has 4 nitrogen and oxygen atoms in total. The van der Waals surface area contributed by atoms with Gasteiger partial charge in [0.1, 0.15) is 4.88 Å². The summed E-state index contributed by atoms with van der Waals surface area (Å²) in [6.45, 7) is 4.74. The Bertz CT molecular complexity index is 1350. The first-order valence-electron chi connectivity index (χ1n) is 9.53. The van der Waals surface area contributed by atoms with Gasteiger partial charge >= 0.3 is 0 Å². The number of aromatic nitrogens is 1. The number of hydrogen-bond acceptors (Lipinski definition) is 4. The first-order valence-corrected chi connectivity index (χ1v) is 10.3. The molecule has 0 fully saturated rings. The molecule has 2 aromatic heterocycles.